The van der Waals surface area contributed by atoms with Crippen molar-refractivity contribution in [2.24, 2.45) is 5.41 Å². The quantitative estimate of drug-likeness (QED) is 0.890. The Labute approximate surface area is 105 Å². The molecule has 1 aromatic carbocycles. The molecule has 1 rings (SSSR count). The van der Waals surface area contributed by atoms with Gasteiger partial charge in [0.25, 0.3) is 0 Å². The van der Waals surface area contributed by atoms with Crippen LogP contribution in [0, 0.1) is 11.2 Å². The maximum atomic E-state index is 12.9. The summed E-state index contributed by atoms with van der Waals surface area (Å²) >= 11 is 3.31. The lowest BCUT2D eigenvalue weighted by Crippen LogP contribution is -2.30. The first-order chi connectivity index (χ1) is 7.36. The summed E-state index contributed by atoms with van der Waals surface area (Å²) in [6.45, 7) is 6.13. The first-order valence-electron chi connectivity index (χ1n) is 5.49. The van der Waals surface area contributed by atoms with Crippen LogP contribution >= 0.6 is 15.9 Å². The van der Waals surface area contributed by atoms with E-state index in [-0.39, 0.29) is 11.2 Å². The zero-order chi connectivity index (χ0) is 12.3. The van der Waals surface area contributed by atoms with Crippen LogP contribution in [0.5, 0.6) is 0 Å². The van der Waals surface area contributed by atoms with Crippen LogP contribution in [0.3, 0.4) is 0 Å². The van der Waals surface area contributed by atoms with E-state index >= 15 is 0 Å². The fourth-order valence-corrected chi connectivity index (χ4v) is 1.92. The largest absolute Gasteiger partial charge is 0.392 e. The van der Waals surface area contributed by atoms with Crippen molar-refractivity contribution >= 4 is 15.9 Å². The van der Waals surface area contributed by atoms with Gasteiger partial charge in [-0.1, -0.05) is 42.8 Å². The Hall–Kier alpha value is -0.410. The Morgan fingerprint density at radius 2 is 2.06 bits per heavy atom. The summed E-state index contributed by atoms with van der Waals surface area (Å²) in [4.78, 5) is 0. The molecule has 0 amide bonds. The van der Waals surface area contributed by atoms with Gasteiger partial charge in [0.2, 0.25) is 0 Å². The van der Waals surface area contributed by atoms with E-state index in [0.29, 0.717) is 6.42 Å². The molecule has 16 heavy (non-hydrogen) atoms. The molecule has 90 valence electrons. The number of aliphatic hydroxyl groups excluding tert-OH is 1. The fraction of sp³-hybridized carbons (Fsp3) is 0.538. The highest BCUT2D eigenvalue weighted by Gasteiger charge is 2.26. The Kier molecular flexibility index (Phi) is 4.51. The van der Waals surface area contributed by atoms with Crippen molar-refractivity contribution in [2.75, 3.05) is 0 Å². The number of halogens is 2. The van der Waals surface area contributed by atoms with E-state index in [9.17, 15) is 9.50 Å². The monoisotopic (exact) mass is 288 g/mol. The summed E-state index contributed by atoms with van der Waals surface area (Å²) in [6, 6.07) is 4.57. The molecule has 0 heterocycles. The number of hydrogen-bond donors (Lipinski definition) is 1. The minimum Gasteiger partial charge on any atom is -0.392 e. The van der Waals surface area contributed by atoms with Crippen molar-refractivity contribution in [3.63, 3.8) is 0 Å². The van der Waals surface area contributed by atoms with Crippen LogP contribution in [0.25, 0.3) is 0 Å². The smallest absolute Gasteiger partial charge is 0.124 e. The molecule has 1 N–H and O–H groups in total. The van der Waals surface area contributed by atoms with Gasteiger partial charge in [0.05, 0.1) is 6.10 Å². The summed E-state index contributed by atoms with van der Waals surface area (Å²) in [6.07, 6.45) is 1.04. The zero-order valence-electron chi connectivity index (χ0n) is 9.93. The van der Waals surface area contributed by atoms with Gasteiger partial charge >= 0.3 is 0 Å². The highest BCUT2D eigenvalue weighted by molar-refractivity contribution is 9.10. The maximum Gasteiger partial charge on any atom is 0.124 e. The molecular weight excluding hydrogens is 271 g/mol. The highest BCUT2D eigenvalue weighted by Crippen LogP contribution is 2.29. The molecule has 1 unspecified atom stereocenters. The van der Waals surface area contributed by atoms with Gasteiger partial charge in [-0.25, -0.2) is 4.39 Å². The normalized spacial score (nSPS) is 13.9. The molecule has 0 aliphatic heterocycles. The second-order valence-corrected chi connectivity index (χ2v) is 5.65. The van der Waals surface area contributed by atoms with Crippen LogP contribution in [0.4, 0.5) is 4.39 Å². The molecule has 0 aliphatic carbocycles. The molecule has 0 bridgehead atoms. The van der Waals surface area contributed by atoms with E-state index in [1.807, 2.05) is 13.8 Å². The van der Waals surface area contributed by atoms with E-state index in [0.717, 1.165) is 16.5 Å². The SMILES string of the molecule is CCC(C)(C)C(O)Cc1ccc(F)cc1Br. The van der Waals surface area contributed by atoms with Crippen molar-refractivity contribution in [3.05, 3.63) is 34.1 Å². The zero-order valence-corrected chi connectivity index (χ0v) is 11.5. The third-order valence-corrected chi connectivity index (χ3v) is 3.98. The lowest BCUT2D eigenvalue weighted by atomic mass is 9.81. The molecule has 0 aromatic heterocycles. The average Bonchev–Trinajstić information content (AvgIpc) is 2.22. The minimum atomic E-state index is -0.417. The molecule has 1 aromatic rings. The third-order valence-electron chi connectivity index (χ3n) is 3.24. The van der Waals surface area contributed by atoms with Crippen LogP contribution in [0.1, 0.15) is 32.8 Å². The van der Waals surface area contributed by atoms with Crippen molar-refractivity contribution in [2.45, 2.75) is 39.7 Å². The predicted octanol–water partition coefficient (Wildman–Crippen LogP) is 3.93. The summed E-state index contributed by atoms with van der Waals surface area (Å²) in [5.41, 5.74) is 0.823. The molecular formula is C13H18BrFO. The Morgan fingerprint density at radius 3 is 2.56 bits per heavy atom. The molecule has 0 aliphatic rings. The topological polar surface area (TPSA) is 20.2 Å². The molecule has 0 spiro atoms. The fourth-order valence-electron chi connectivity index (χ4n) is 1.41. The van der Waals surface area contributed by atoms with Crippen LogP contribution in [0.2, 0.25) is 0 Å². The van der Waals surface area contributed by atoms with Crippen LogP contribution in [-0.2, 0) is 6.42 Å². The van der Waals surface area contributed by atoms with E-state index in [1.54, 1.807) is 6.07 Å². The van der Waals surface area contributed by atoms with Gasteiger partial charge < -0.3 is 5.11 Å². The molecule has 0 saturated heterocycles. The lowest BCUT2D eigenvalue weighted by Gasteiger charge is -2.29. The minimum absolute atomic E-state index is 0.117. The number of hydrogen-bond acceptors (Lipinski definition) is 1. The Balaban J connectivity index is 2.81. The maximum absolute atomic E-state index is 12.9. The standard InChI is InChI=1S/C13H18BrFO/c1-4-13(2,3)12(16)7-9-5-6-10(15)8-11(9)14/h5-6,8,12,16H,4,7H2,1-3H3. The summed E-state index contributed by atoms with van der Waals surface area (Å²) in [5, 5.41) is 10.1. The number of rotatable bonds is 4. The summed E-state index contributed by atoms with van der Waals surface area (Å²) in [5.74, 6) is -0.264. The van der Waals surface area contributed by atoms with Crippen LogP contribution < -0.4 is 0 Å². The van der Waals surface area contributed by atoms with Gasteiger partial charge in [0.1, 0.15) is 5.82 Å². The first kappa shape index (κ1) is 13.7. The lowest BCUT2D eigenvalue weighted by molar-refractivity contribution is 0.0478. The molecule has 0 fully saturated rings. The van der Waals surface area contributed by atoms with Gasteiger partial charge in [-0.15, -0.1) is 0 Å². The summed E-state index contributed by atoms with van der Waals surface area (Å²) < 4.78 is 13.6. The average molecular weight is 289 g/mol. The van der Waals surface area contributed by atoms with Crippen LogP contribution in [0.15, 0.2) is 22.7 Å². The van der Waals surface area contributed by atoms with Gasteiger partial charge in [-0.2, -0.15) is 0 Å². The van der Waals surface area contributed by atoms with Crippen LogP contribution in [-0.4, -0.2) is 11.2 Å². The molecule has 3 heteroatoms. The van der Waals surface area contributed by atoms with Crippen molar-refractivity contribution in [3.8, 4) is 0 Å². The summed E-state index contributed by atoms with van der Waals surface area (Å²) in [7, 11) is 0. The molecule has 0 saturated carbocycles. The first-order valence-corrected chi connectivity index (χ1v) is 6.28. The number of benzene rings is 1. The van der Waals surface area contributed by atoms with Crippen molar-refractivity contribution in [1.82, 2.24) is 0 Å². The van der Waals surface area contributed by atoms with Gasteiger partial charge in [-0.3, -0.25) is 0 Å². The van der Waals surface area contributed by atoms with Crippen molar-refractivity contribution < 1.29 is 9.50 Å². The van der Waals surface area contributed by atoms with Gasteiger partial charge in [-0.05, 0) is 36.0 Å². The predicted molar refractivity (Wildman–Crippen MR) is 67.9 cm³/mol. The molecule has 1 nitrogen and oxygen atoms in total. The van der Waals surface area contributed by atoms with Gasteiger partial charge in [0, 0.05) is 4.47 Å². The Morgan fingerprint density at radius 1 is 1.44 bits per heavy atom. The second kappa shape index (κ2) is 5.28. The second-order valence-electron chi connectivity index (χ2n) is 4.80. The van der Waals surface area contributed by atoms with E-state index in [2.05, 4.69) is 22.9 Å². The Bertz CT molecular complexity index is 363. The van der Waals surface area contributed by atoms with E-state index in [4.69, 9.17) is 0 Å². The van der Waals surface area contributed by atoms with E-state index in [1.165, 1.54) is 12.1 Å². The number of aliphatic hydroxyl groups is 1. The molecule has 0 radical (unpaired) electrons. The third kappa shape index (κ3) is 3.29. The highest BCUT2D eigenvalue weighted by atomic mass is 79.9. The van der Waals surface area contributed by atoms with Crippen molar-refractivity contribution in [1.29, 1.82) is 0 Å². The van der Waals surface area contributed by atoms with Gasteiger partial charge in [0.15, 0.2) is 0 Å². The van der Waals surface area contributed by atoms with E-state index < -0.39 is 6.10 Å². The molecule has 1 atom stereocenters.